The van der Waals surface area contributed by atoms with Gasteiger partial charge >= 0.3 is 0 Å². The number of para-hydroxylation sites is 2. The molecule has 4 rings (SSSR count). The largest absolute Gasteiger partial charge is 0.397 e. The molecular formula is C22H24N4O2S. The highest BCUT2D eigenvalue weighted by atomic mass is 32.1. The Morgan fingerprint density at radius 2 is 1.90 bits per heavy atom. The monoisotopic (exact) mass is 408 g/mol. The van der Waals surface area contributed by atoms with Crippen LogP contribution in [0.1, 0.15) is 26.6 Å². The maximum absolute atomic E-state index is 12.4. The number of nitrogens with zero attached hydrogens (tertiary/aromatic N) is 2. The Bertz CT molecular complexity index is 965. The van der Waals surface area contributed by atoms with E-state index < -0.39 is 0 Å². The minimum absolute atomic E-state index is 0.170. The number of morpholine rings is 1. The Morgan fingerprint density at radius 1 is 1.14 bits per heavy atom. The minimum atomic E-state index is -0.170. The van der Waals surface area contributed by atoms with E-state index in [1.165, 1.54) is 0 Å². The second kappa shape index (κ2) is 9.17. The van der Waals surface area contributed by atoms with Crippen molar-refractivity contribution < 1.29 is 9.53 Å². The molecule has 2 heterocycles. The van der Waals surface area contributed by atoms with Crippen molar-refractivity contribution >= 4 is 28.6 Å². The van der Waals surface area contributed by atoms with Gasteiger partial charge in [-0.15, -0.1) is 11.3 Å². The van der Waals surface area contributed by atoms with Gasteiger partial charge in [-0.2, -0.15) is 0 Å². The molecule has 29 heavy (non-hydrogen) atoms. The van der Waals surface area contributed by atoms with Crippen LogP contribution in [-0.4, -0.2) is 42.1 Å². The number of nitrogens with one attached hydrogen (secondary N) is 1. The van der Waals surface area contributed by atoms with Crippen molar-refractivity contribution in [2.24, 2.45) is 0 Å². The Balaban J connectivity index is 1.34. The van der Waals surface area contributed by atoms with Gasteiger partial charge in [-0.05, 0) is 29.8 Å². The van der Waals surface area contributed by atoms with E-state index in [9.17, 15) is 4.79 Å². The van der Waals surface area contributed by atoms with Crippen LogP contribution in [0.5, 0.6) is 0 Å². The average Bonchev–Trinajstić information content (AvgIpc) is 3.17. The van der Waals surface area contributed by atoms with Crippen molar-refractivity contribution in [2.45, 2.75) is 13.0 Å². The Labute approximate surface area is 174 Å². The predicted octanol–water partition coefficient (Wildman–Crippen LogP) is 3.40. The molecule has 0 unspecified atom stereocenters. The van der Waals surface area contributed by atoms with Crippen LogP contribution in [0.25, 0.3) is 0 Å². The number of rotatable bonds is 6. The first kappa shape index (κ1) is 19.6. The fourth-order valence-corrected chi connectivity index (χ4v) is 4.06. The zero-order valence-electron chi connectivity index (χ0n) is 16.1. The summed E-state index contributed by atoms with van der Waals surface area (Å²) in [6.45, 7) is 4.40. The highest BCUT2D eigenvalue weighted by Gasteiger charge is 2.13. The molecule has 1 aromatic heterocycles. The predicted molar refractivity (Wildman–Crippen MR) is 116 cm³/mol. The number of carbonyl (C=O) groups excluding carboxylic acids is 1. The van der Waals surface area contributed by atoms with E-state index in [0.717, 1.165) is 55.5 Å². The molecule has 2 aromatic carbocycles. The fourth-order valence-electron chi connectivity index (χ4n) is 3.25. The lowest BCUT2D eigenvalue weighted by Gasteiger charge is -2.25. The smallest absolute Gasteiger partial charge is 0.255 e. The van der Waals surface area contributed by atoms with Crippen LogP contribution in [0.3, 0.4) is 0 Å². The summed E-state index contributed by atoms with van der Waals surface area (Å²) in [5.41, 5.74) is 9.91. The first-order chi connectivity index (χ1) is 14.2. The van der Waals surface area contributed by atoms with Gasteiger partial charge in [0.1, 0.15) is 0 Å². The van der Waals surface area contributed by atoms with Gasteiger partial charge in [-0.3, -0.25) is 9.69 Å². The first-order valence-corrected chi connectivity index (χ1v) is 10.5. The van der Waals surface area contributed by atoms with E-state index in [1.54, 1.807) is 23.5 Å². The van der Waals surface area contributed by atoms with Crippen LogP contribution < -0.4 is 11.1 Å². The summed E-state index contributed by atoms with van der Waals surface area (Å²) in [5.74, 6) is -0.170. The molecular weight excluding hydrogens is 384 g/mol. The molecule has 150 valence electrons. The number of anilines is 2. The van der Waals surface area contributed by atoms with Crippen molar-refractivity contribution in [3.8, 4) is 0 Å². The molecule has 0 atom stereocenters. The molecule has 1 aliphatic rings. The maximum atomic E-state index is 12.4. The molecule has 0 bridgehead atoms. The lowest BCUT2D eigenvalue weighted by Crippen LogP contribution is -2.35. The zero-order valence-corrected chi connectivity index (χ0v) is 17.0. The first-order valence-electron chi connectivity index (χ1n) is 9.65. The summed E-state index contributed by atoms with van der Waals surface area (Å²) >= 11 is 1.68. The summed E-state index contributed by atoms with van der Waals surface area (Å²) in [7, 11) is 0. The normalized spacial score (nSPS) is 14.6. The Morgan fingerprint density at radius 3 is 2.66 bits per heavy atom. The molecule has 7 heteroatoms. The number of benzene rings is 2. The summed E-state index contributed by atoms with van der Waals surface area (Å²) < 4.78 is 5.39. The molecule has 3 N–H and O–H groups in total. The summed E-state index contributed by atoms with van der Waals surface area (Å²) in [4.78, 5) is 19.6. The number of thiazole rings is 1. The topological polar surface area (TPSA) is 80.5 Å². The van der Waals surface area contributed by atoms with Gasteiger partial charge in [-0.1, -0.05) is 24.3 Å². The Hall–Kier alpha value is -2.74. The van der Waals surface area contributed by atoms with Crippen LogP contribution >= 0.6 is 11.3 Å². The van der Waals surface area contributed by atoms with Crippen LogP contribution in [0.4, 0.5) is 11.4 Å². The number of hydrogen-bond acceptors (Lipinski definition) is 6. The molecule has 1 fully saturated rings. The third kappa shape index (κ3) is 5.20. The molecule has 6 nitrogen and oxygen atoms in total. The van der Waals surface area contributed by atoms with Crippen molar-refractivity contribution in [3.63, 3.8) is 0 Å². The standard InChI is InChI=1S/C22H24N4O2S/c23-19-3-1-2-4-20(19)25-22(27)17-7-5-16(6-8-17)13-21-24-18(15-29-21)14-26-9-11-28-12-10-26/h1-8,15H,9-14,23H2,(H,25,27). The molecule has 1 amide bonds. The average molecular weight is 409 g/mol. The third-order valence-electron chi connectivity index (χ3n) is 4.87. The lowest BCUT2D eigenvalue weighted by molar-refractivity contribution is 0.0337. The van der Waals surface area contributed by atoms with E-state index >= 15 is 0 Å². The zero-order chi connectivity index (χ0) is 20.1. The number of nitrogen functional groups attached to an aromatic ring is 1. The molecule has 0 saturated carbocycles. The number of amides is 1. The lowest BCUT2D eigenvalue weighted by atomic mass is 10.1. The van der Waals surface area contributed by atoms with Crippen LogP contribution in [0.2, 0.25) is 0 Å². The van der Waals surface area contributed by atoms with E-state index in [2.05, 4.69) is 15.6 Å². The molecule has 0 radical (unpaired) electrons. The molecule has 1 aliphatic heterocycles. The number of nitrogens with two attached hydrogens (primary N) is 1. The summed E-state index contributed by atoms with van der Waals surface area (Å²) in [6, 6.07) is 14.9. The number of ether oxygens (including phenoxy) is 1. The second-order valence-electron chi connectivity index (χ2n) is 7.04. The van der Waals surface area contributed by atoms with Crippen LogP contribution in [-0.2, 0) is 17.7 Å². The highest BCUT2D eigenvalue weighted by molar-refractivity contribution is 7.09. The Kier molecular flexibility index (Phi) is 6.19. The van der Waals surface area contributed by atoms with Crippen molar-refractivity contribution in [1.29, 1.82) is 0 Å². The maximum Gasteiger partial charge on any atom is 0.255 e. The van der Waals surface area contributed by atoms with Gasteiger partial charge in [-0.25, -0.2) is 4.98 Å². The van der Waals surface area contributed by atoms with E-state index in [1.807, 2.05) is 36.4 Å². The molecule has 0 aliphatic carbocycles. The quantitative estimate of drug-likeness (QED) is 0.611. The van der Waals surface area contributed by atoms with Crippen molar-refractivity contribution in [1.82, 2.24) is 9.88 Å². The van der Waals surface area contributed by atoms with Gasteiger partial charge in [0.25, 0.3) is 5.91 Å². The number of carbonyl (C=O) groups is 1. The number of aromatic nitrogens is 1. The van der Waals surface area contributed by atoms with E-state index in [4.69, 9.17) is 15.5 Å². The van der Waals surface area contributed by atoms with Crippen LogP contribution in [0.15, 0.2) is 53.9 Å². The van der Waals surface area contributed by atoms with Crippen LogP contribution in [0, 0.1) is 0 Å². The highest BCUT2D eigenvalue weighted by Crippen LogP contribution is 2.19. The van der Waals surface area contributed by atoms with E-state index in [-0.39, 0.29) is 5.91 Å². The molecule has 3 aromatic rings. The van der Waals surface area contributed by atoms with Gasteiger partial charge < -0.3 is 15.8 Å². The SMILES string of the molecule is Nc1ccccc1NC(=O)c1ccc(Cc2nc(CN3CCOCC3)cs2)cc1. The number of hydrogen-bond donors (Lipinski definition) is 2. The summed E-state index contributed by atoms with van der Waals surface area (Å²) in [5, 5.41) is 6.07. The third-order valence-corrected chi connectivity index (χ3v) is 5.77. The van der Waals surface area contributed by atoms with E-state index in [0.29, 0.717) is 16.9 Å². The second-order valence-corrected chi connectivity index (χ2v) is 7.98. The van der Waals surface area contributed by atoms with Gasteiger partial charge in [0.15, 0.2) is 0 Å². The fraction of sp³-hybridized carbons (Fsp3) is 0.273. The molecule has 1 saturated heterocycles. The van der Waals surface area contributed by atoms with Crippen molar-refractivity contribution in [3.05, 3.63) is 75.7 Å². The van der Waals surface area contributed by atoms with Gasteiger partial charge in [0, 0.05) is 37.0 Å². The molecule has 0 spiro atoms. The van der Waals surface area contributed by atoms with Gasteiger partial charge in [0.05, 0.1) is 35.3 Å². The van der Waals surface area contributed by atoms with Crippen molar-refractivity contribution in [2.75, 3.05) is 37.4 Å². The summed E-state index contributed by atoms with van der Waals surface area (Å²) in [6.07, 6.45) is 0.765. The van der Waals surface area contributed by atoms with Gasteiger partial charge in [0.2, 0.25) is 0 Å². The minimum Gasteiger partial charge on any atom is -0.397 e.